The first-order valence-corrected chi connectivity index (χ1v) is 9.31. The van der Waals surface area contributed by atoms with E-state index in [1.165, 1.54) is 4.90 Å². The Labute approximate surface area is 162 Å². The van der Waals surface area contributed by atoms with Crippen LogP contribution in [0.25, 0.3) is 16.5 Å². The molecule has 1 aliphatic heterocycles. The van der Waals surface area contributed by atoms with Gasteiger partial charge in [0.2, 0.25) is 0 Å². The van der Waals surface area contributed by atoms with E-state index in [1.54, 1.807) is 24.4 Å². The van der Waals surface area contributed by atoms with Crippen LogP contribution in [0.15, 0.2) is 72.4 Å². The lowest BCUT2D eigenvalue weighted by molar-refractivity contribution is -0.139. The van der Waals surface area contributed by atoms with Crippen LogP contribution < -0.4 is 0 Å². The van der Waals surface area contributed by atoms with Crippen molar-refractivity contribution in [3.8, 4) is 0 Å². The molecule has 0 aliphatic carbocycles. The number of aliphatic hydroxyl groups excluding tert-OH is 1. The number of benzene rings is 2. The number of fused-ring (bicyclic) bond motifs is 1. The van der Waals surface area contributed by atoms with Gasteiger partial charge in [-0.1, -0.05) is 55.5 Å². The van der Waals surface area contributed by atoms with Crippen molar-refractivity contribution in [2.24, 2.45) is 0 Å². The van der Waals surface area contributed by atoms with Crippen molar-refractivity contribution in [3.63, 3.8) is 0 Å². The molecule has 3 aromatic rings. The van der Waals surface area contributed by atoms with Crippen LogP contribution in [0.4, 0.5) is 0 Å². The van der Waals surface area contributed by atoms with Crippen LogP contribution in [0.2, 0.25) is 0 Å². The van der Waals surface area contributed by atoms with Gasteiger partial charge in [0.15, 0.2) is 0 Å². The second-order valence-electron chi connectivity index (χ2n) is 6.77. The lowest BCUT2D eigenvalue weighted by Crippen LogP contribution is -2.30. The van der Waals surface area contributed by atoms with E-state index in [2.05, 4.69) is 4.98 Å². The number of likely N-dealkylation sites (tertiary alicyclic amines) is 1. The quantitative estimate of drug-likeness (QED) is 0.426. The lowest BCUT2D eigenvalue weighted by atomic mass is 9.95. The monoisotopic (exact) mass is 372 g/mol. The number of rotatable bonds is 4. The average molecular weight is 372 g/mol. The van der Waals surface area contributed by atoms with Crippen LogP contribution in [0.3, 0.4) is 0 Å². The molecule has 1 unspecified atom stereocenters. The number of Topliss-reactive ketones (excluding diaryl/α,β-unsaturated/α-hetero) is 1. The summed E-state index contributed by atoms with van der Waals surface area (Å²) in [7, 11) is 0. The number of ketones is 1. The fourth-order valence-corrected chi connectivity index (χ4v) is 3.77. The summed E-state index contributed by atoms with van der Waals surface area (Å²) in [5, 5.41) is 12.9. The fraction of sp³-hybridized carbons (Fsp3) is 0.174. The molecule has 4 rings (SSSR count). The summed E-state index contributed by atoms with van der Waals surface area (Å²) in [6, 6.07) is 17.8. The Bertz CT molecular complexity index is 1080. The largest absolute Gasteiger partial charge is 0.507 e. The molecule has 0 bridgehead atoms. The number of hydrogen-bond acceptors (Lipinski definition) is 4. The Kier molecular flexibility index (Phi) is 4.65. The minimum absolute atomic E-state index is 0.0912. The number of nitrogens with zero attached hydrogens (tertiary/aromatic N) is 2. The Morgan fingerprint density at radius 1 is 1.04 bits per heavy atom. The van der Waals surface area contributed by atoms with E-state index >= 15 is 0 Å². The minimum atomic E-state index is -0.694. The lowest BCUT2D eigenvalue weighted by Gasteiger charge is -2.24. The first kappa shape index (κ1) is 17.9. The summed E-state index contributed by atoms with van der Waals surface area (Å²) in [6.07, 6.45) is 2.32. The Morgan fingerprint density at radius 3 is 2.54 bits per heavy atom. The summed E-state index contributed by atoms with van der Waals surface area (Å²) >= 11 is 0. The van der Waals surface area contributed by atoms with E-state index < -0.39 is 17.7 Å². The molecule has 5 heteroatoms. The molecule has 140 valence electrons. The number of hydrogen-bond donors (Lipinski definition) is 1. The minimum Gasteiger partial charge on any atom is -0.507 e. The predicted octanol–water partition coefficient (Wildman–Crippen LogP) is 4.07. The molecule has 0 spiro atoms. The number of amides is 1. The standard InChI is InChI=1S/C23H20N2O3/c1-2-14-25-20(18-12-5-6-13-24-18)19(22(27)23(25)28)21(26)17-11-7-9-15-8-3-4-10-16(15)17/h3-13,20,26H,2,14H2,1H3/b21-19-. The van der Waals surface area contributed by atoms with Gasteiger partial charge in [-0.3, -0.25) is 14.6 Å². The van der Waals surface area contributed by atoms with Gasteiger partial charge in [0.1, 0.15) is 11.8 Å². The third-order valence-corrected chi connectivity index (χ3v) is 5.02. The molecule has 2 heterocycles. The normalized spacial score (nSPS) is 18.8. The third-order valence-electron chi connectivity index (χ3n) is 5.02. The maximum atomic E-state index is 12.9. The SMILES string of the molecule is CCCN1C(=O)C(=O)/C(=C(\O)c2cccc3ccccc23)C1c1ccccn1. The molecule has 1 amide bonds. The maximum Gasteiger partial charge on any atom is 0.295 e. The average Bonchev–Trinajstić information content (AvgIpc) is 2.99. The maximum absolute atomic E-state index is 12.9. The van der Waals surface area contributed by atoms with E-state index in [0.717, 1.165) is 10.8 Å². The highest BCUT2D eigenvalue weighted by Gasteiger charge is 2.46. The van der Waals surface area contributed by atoms with Gasteiger partial charge in [-0.15, -0.1) is 0 Å². The van der Waals surface area contributed by atoms with E-state index in [4.69, 9.17) is 0 Å². The summed E-state index contributed by atoms with van der Waals surface area (Å²) in [4.78, 5) is 31.4. The first-order valence-electron chi connectivity index (χ1n) is 9.31. The molecule has 0 saturated carbocycles. The van der Waals surface area contributed by atoms with Crippen LogP contribution >= 0.6 is 0 Å². The molecule has 28 heavy (non-hydrogen) atoms. The molecule has 1 aromatic heterocycles. The highest BCUT2D eigenvalue weighted by Crippen LogP contribution is 2.39. The topological polar surface area (TPSA) is 70.5 Å². The number of carbonyl (C=O) groups excluding carboxylic acids is 2. The number of pyridine rings is 1. The van der Waals surface area contributed by atoms with Gasteiger partial charge in [0.05, 0.1) is 11.3 Å². The van der Waals surface area contributed by atoms with Crippen molar-refractivity contribution < 1.29 is 14.7 Å². The van der Waals surface area contributed by atoms with E-state index in [-0.39, 0.29) is 11.3 Å². The zero-order valence-corrected chi connectivity index (χ0v) is 15.5. The first-order chi connectivity index (χ1) is 13.6. The van der Waals surface area contributed by atoms with Crippen molar-refractivity contribution in [1.29, 1.82) is 0 Å². The fourth-order valence-electron chi connectivity index (χ4n) is 3.77. The summed E-state index contributed by atoms with van der Waals surface area (Å²) in [5.74, 6) is -1.43. The molecule has 1 aliphatic rings. The van der Waals surface area contributed by atoms with Gasteiger partial charge in [-0.05, 0) is 29.3 Å². The van der Waals surface area contributed by atoms with Gasteiger partial charge < -0.3 is 10.0 Å². The predicted molar refractivity (Wildman–Crippen MR) is 107 cm³/mol. The Morgan fingerprint density at radius 2 is 1.79 bits per heavy atom. The number of carbonyl (C=O) groups is 2. The number of aliphatic hydroxyl groups is 1. The van der Waals surface area contributed by atoms with E-state index in [0.29, 0.717) is 24.2 Å². The van der Waals surface area contributed by atoms with E-state index in [9.17, 15) is 14.7 Å². The smallest absolute Gasteiger partial charge is 0.295 e. The van der Waals surface area contributed by atoms with Crippen molar-refractivity contribution in [3.05, 3.63) is 83.7 Å². The molecule has 2 aromatic carbocycles. The summed E-state index contributed by atoms with van der Waals surface area (Å²) < 4.78 is 0. The van der Waals surface area contributed by atoms with Gasteiger partial charge >= 0.3 is 0 Å². The van der Waals surface area contributed by atoms with Crippen molar-refractivity contribution >= 4 is 28.2 Å². The molecule has 1 fully saturated rings. The van der Waals surface area contributed by atoms with Crippen molar-refractivity contribution in [1.82, 2.24) is 9.88 Å². The van der Waals surface area contributed by atoms with Gasteiger partial charge in [0.25, 0.3) is 11.7 Å². The van der Waals surface area contributed by atoms with Crippen LogP contribution in [-0.2, 0) is 9.59 Å². The summed E-state index contributed by atoms with van der Waals surface area (Å²) in [5.41, 5.74) is 1.19. The van der Waals surface area contributed by atoms with Gasteiger partial charge in [-0.25, -0.2) is 0 Å². The molecule has 0 radical (unpaired) electrons. The van der Waals surface area contributed by atoms with Crippen LogP contribution in [0.1, 0.15) is 30.6 Å². The third kappa shape index (κ3) is 2.85. The van der Waals surface area contributed by atoms with Gasteiger partial charge in [0, 0.05) is 18.3 Å². The molecular formula is C23H20N2O3. The zero-order valence-electron chi connectivity index (χ0n) is 15.5. The highest BCUT2D eigenvalue weighted by atomic mass is 16.3. The molecule has 1 saturated heterocycles. The highest BCUT2D eigenvalue weighted by molar-refractivity contribution is 6.46. The molecule has 1 N–H and O–H groups in total. The number of aromatic nitrogens is 1. The van der Waals surface area contributed by atoms with Crippen LogP contribution in [0, 0.1) is 0 Å². The van der Waals surface area contributed by atoms with E-state index in [1.807, 2.05) is 49.4 Å². The zero-order chi connectivity index (χ0) is 19.7. The Hall–Kier alpha value is -3.47. The molecule has 5 nitrogen and oxygen atoms in total. The van der Waals surface area contributed by atoms with Crippen LogP contribution in [0.5, 0.6) is 0 Å². The Balaban J connectivity index is 1.96. The summed E-state index contributed by atoms with van der Waals surface area (Å²) in [6.45, 7) is 2.36. The molecule has 1 atom stereocenters. The van der Waals surface area contributed by atoms with Crippen molar-refractivity contribution in [2.45, 2.75) is 19.4 Å². The second kappa shape index (κ2) is 7.27. The van der Waals surface area contributed by atoms with Gasteiger partial charge in [-0.2, -0.15) is 0 Å². The van der Waals surface area contributed by atoms with Crippen LogP contribution in [-0.4, -0.2) is 33.2 Å². The second-order valence-corrected chi connectivity index (χ2v) is 6.77. The molecular weight excluding hydrogens is 352 g/mol. The van der Waals surface area contributed by atoms with Crippen molar-refractivity contribution in [2.75, 3.05) is 6.54 Å².